The van der Waals surface area contributed by atoms with E-state index in [1.54, 1.807) is 13.0 Å². The lowest BCUT2D eigenvalue weighted by molar-refractivity contribution is 0.0659. The van der Waals surface area contributed by atoms with Gasteiger partial charge in [-0.05, 0) is 31.9 Å². The lowest BCUT2D eigenvalue weighted by atomic mass is 9.93. The molecule has 7 nitrogen and oxygen atoms in total. The van der Waals surface area contributed by atoms with Crippen molar-refractivity contribution in [2.45, 2.75) is 26.2 Å². The first kappa shape index (κ1) is 14.1. The van der Waals surface area contributed by atoms with Gasteiger partial charge in [-0.1, -0.05) is 0 Å². The molecule has 22 heavy (non-hydrogen) atoms. The average Bonchev–Trinajstić information content (AvgIpc) is 3.13. The van der Waals surface area contributed by atoms with Gasteiger partial charge in [-0.25, -0.2) is 10.2 Å². The van der Waals surface area contributed by atoms with Crippen molar-refractivity contribution in [3.63, 3.8) is 0 Å². The van der Waals surface area contributed by atoms with E-state index in [0.717, 1.165) is 6.42 Å². The number of carbonyl (C=O) groups excluding carboxylic acids is 1. The van der Waals surface area contributed by atoms with Crippen molar-refractivity contribution in [2.75, 3.05) is 0 Å². The van der Waals surface area contributed by atoms with Gasteiger partial charge >= 0.3 is 11.9 Å². The third kappa shape index (κ3) is 2.41. The Morgan fingerprint density at radius 2 is 2.18 bits per heavy atom. The molecule has 2 N–H and O–H groups in total. The third-order valence-corrected chi connectivity index (χ3v) is 3.56. The summed E-state index contributed by atoms with van der Waals surface area (Å²) in [6.45, 7) is 1.68. The molecule has 0 fully saturated rings. The van der Waals surface area contributed by atoms with Crippen LogP contribution in [0.4, 0.5) is 0 Å². The first-order valence-corrected chi connectivity index (χ1v) is 6.84. The highest BCUT2D eigenvalue weighted by molar-refractivity contribution is 6.06. The fourth-order valence-electron chi connectivity index (χ4n) is 2.57. The maximum absolute atomic E-state index is 11.8. The topological polar surface area (TPSA) is 105 Å². The number of fused-ring (bicyclic) bond motifs is 1. The predicted molar refractivity (Wildman–Crippen MR) is 76.1 cm³/mol. The van der Waals surface area contributed by atoms with E-state index in [1.807, 2.05) is 0 Å². The summed E-state index contributed by atoms with van der Waals surface area (Å²) in [5.41, 5.74) is 4.27. The summed E-state index contributed by atoms with van der Waals surface area (Å²) in [6.07, 6.45) is 3.49. The highest BCUT2D eigenvalue weighted by Crippen LogP contribution is 2.29. The minimum Gasteiger partial charge on any atom is -0.475 e. The summed E-state index contributed by atoms with van der Waals surface area (Å²) < 4.78 is 10.4. The van der Waals surface area contributed by atoms with Gasteiger partial charge < -0.3 is 13.9 Å². The van der Waals surface area contributed by atoms with Crippen LogP contribution < -0.4 is 5.43 Å². The SMILES string of the molecule is Cc1c(C(=O)O)oc2c1/C(=N/NC(=O)c1ccco1)CCC2. The average molecular weight is 302 g/mol. The quantitative estimate of drug-likeness (QED) is 0.847. The number of rotatable bonds is 3. The van der Waals surface area contributed by atoms with Gasteiger partial charge in [0.05, 0.1) is 12.0 Å². The van der Waals surface area contributed by atoms with Crippen molar-refractivity contribution in [1.29, 1.82) is 0 Å². The van der Waals surface area contributed by atoms with Crippen LogP contribution >= 0.6 is 0 Å². The number of amides is 1. The van der Waals surface area contributed by atoms with Crippen LogP contribution in [-0.4, -0.2) is 22.7 Å². The lowest BCUT2D eigenvalue weighted by Gasteiger charge is -2.13. The number of hydrogen-bond acceptors (Lipinski definition) is 5. The second kappa shape index (κ2) is 5.51. The molecule has 7 heteroatoms. The molecule has 0 radical (unpaired) electrons. The number of furan rings is 2. The number of carbonyl (C=O) groups is 2. The number of nitrogens with zero attached hydrogens (tertiary/aromatic N) is 1. The Morgan fingerprint density at radius 3 is 2.86 bits per heavy atom. The zero-order valence-electron chi connectivity index (χ0n) is 11.9. The molecule has 2 aromatic rings. The monoisotopic (exact) mass is 302 g/mol. The summed E-state index contributed by atoms with van der Waals surface area (Å²) in [6, 6.07) is 3.15. The van der Waals surface area contributed by atoms with Crippen LogP contribution in [0.25, 0.3) is 0 Å². The van der Waals surface area contributed by atoms with Gasteiger partial charge in [0.25, 0.3) is 0 Å². The van der Waals surface area contributed by atoms with E-state index in [-0.39, 0.29) is 11.5 Å². The Hall–Kier alpha value is -2.83. The van der Waals surface area contributed by atoms with E-state index < -0.39 is 11.9 Å². The largest absolute Gasteiger partial charge is 0.475 e. The molecule has 0 unspecified atom stereocenters. The third-order valence-electron chi connectivity index (χ3n) is 3.56. The second-order valence-electron chi connectivity index (χ2n) is 4.99. The molecule has 0 aromatic carbocycles. The molecule has 0 aliphatic heterocycles. The molecule has 3 rings (SSSR count). The molecule has 1 aliphatic carbocycles. The Morgan fingerprint density at radius 1 is 1.36 bits per heavy atom. The number of hydrazone groups is 1. The van der Waals surface area contributed by atoms with Gasteiger partial charge in [0.2, 0.25) is 5.76 Å². The van der Waals surface area contributed by atoms with Gasteiger partial charge in [0.1, 0.15) is 5.76 Å². The minimum absolute atomic E-state index is 0.0723. The lowest BCUT2D eigenvalue weighted by Crippen LogP contribution is -2.21. The zero-order chi connectivity index (χ0) is 15.7. The first-order chi connectivity index (χ1) is 10.6. The van der Waals surface area contributed by atoms with Crippen LogP contribution in [0.15, 0.2) is 32.3 Å². The molecular formula is C15H14N2O5. The first-order valence-electron chi connectivity index (χ1n) is 6.84. The highest BCUT2D eigenvalue weighted by Gasteiger charge is 2.27. The number of carboxylic acids is 1. The number of hydrogen-bond donors (Lipinski definition) is 2. The van der Waals surface area contributed by atoms with E-state index in [4.69, 9.17) is 13.9 Å². The Labute approximate surface area is 125 Å². The molecule has 1 aliphatic rings. The maximum Gasteiger partial charge on any atom is 0.372 e. The molecule has 0 bridgehead atoms. The fraction of sp³-hybridized carbons (Fsp3) is 0.267. The van der Waals surface area contributed by atoms with Crippen molar-refractivity contribution < 1.29 is 23.5 Å². The molecule has 2 aromatic heterocycles. The van der Waals surface area contributed by atoms with Gasteiger partial charge in [-0.3, -0.25) is 4.79 Å². The van der Waals surface area contributed by atoms with Gasteiger partial charge in [0.15, 0.2) is 5.76 Å². The molecule has 2 heterocycles. The number of aryl methyl sites for hydroxylation is 1. The van der Waals surface area contributed by atoms with E-state index in [2.05, 4.69) is 10.5 Å². The van der Waals surface area contributed by atoms with Crippen molar-refractivity contribution in [1.82, 2.24) is 5.43 Å². The summed E-state index contributed by atoms with van der Waals surface area (Å²) >= 11 is 0. The van der Waals surface area contributed by atoms with E-state index in [1.165, 1.54) is 12.3 Å². The molecule has 114 valence electrons. The Kier molecular flexibility index (Phi) is 3.54. The van der Waals surface area contributed by atoms with Crippen LogP contribution in [0.1, 0.15) is 50.8 Å². The summed E-state index contributed by atoms with van der Waals surface area (Å²) in [7, 11) is 0. The van der Waals surface area contributed by atoms with Crippen molar-refractivity contribution in [2.24, 2.45) is 5.10 Å². The van der Waals surface area contributed by atoms with Crippen LogP contribution in [0.2, 0.25) is 0 Å². The van der Waals surface area contributed by atoms with E-state index >= 15 is 0 Å². The van der Waals surface area contributed by atoms with E-state index in [0.29, 0.717) is 35.4 Å². The number of aromatic carboxylic acids is 1. The zero-order valence-corrected chi connectivity index (χ0v) is 11.9. The molecule has 0 atom stereocenters. The molecule has 0 spiro atoms. The summed E-state index contributed by atoms with van der Waals surface area (Å²) in [4.78, 5) is 23.0. The van der Waals surface area contributed by atoms with Crippen molar-refractivity contribution >= 4 is 17.6 Å². The Balaban J connectivity index is 1.89. The summed E-state index contributed by atoms with van der Waals surface area (Å²) in [5.74, 6) is -0.866. The van der Waals surface area contributed by atoms with Crippen LogP contribution in [0.3, 0.4) is 0 Å². The standard InChI is InChI=1S/C15H14N2O5/c1-8-12-9(16-17-14(18)11-6-3-7-21-11)4-2-5-10(12)22-13(8)15(19)20/h3,6-7H,2,4-5H2,1H3,(H,17,18)(H,19,20)/b16-9+. The van der Waals surface area contributed by atoms with Gasteiger partial charge in [-0.15, -0.1) is 0 Å². The smallest absolute Gasteiger partial charge is 0.372 e. The fourth-order valence-corrected chi connectivity index (χ4v) is 2.57. The normalized spacial score (nSPS) is 15.6. The van der Waals surface area contributed by atoms with Gasteiger partial charge in [-0.2, -0.15) is 5.10 Å². The van der Waals surface area contributed by atoms with E-state index in [9.17, 15) is 9.59 Å². The Bertz CT molecular complexity index is 755. The second-order valence-corrected chi connectivity index (χ2v) is 4.99. The van der Waals surface area contributed by atoms with Crippen LogP contribution in [-0.2, 0) is 6.42 Å². The molecular weight excluding hydrogens is 288 g/mol. The van der Waals surface area contributed by atoms with Crippen molar-refractivity contribution in [3.8, 4) is 0 Å². The minimum atomic E-state index is -1.11. The molecule has 1 amide bonds. The maximum atomic E-state index is 11.8. The number of carboxylic acid groups (broad SMARTS) is 1. The molecule has 0 saturated carbocycles. The predicted octanol–water partition coefficient (Wildman–Crippen LogP) is 2.35. The molecule has 0 saturated heterocycles. The van der Waals surface area contributed by atoms with Crippen molar-refractivity contribution in [3.05, 3.63) is 46.8 Å². The van der Waals surface area contributed by atoms with Gasteiger partial charge in [0, 0.05) is 17.5 Å². The number of nitrogens with one attached hydrogen (secondary N) is 1. The van der Waals surface area contributed by atoms with Crippen LogP contribution in [0.5, 0.6) is 0 Å². The van der Waals surface area contributed by atoms with Crippen LogP contribution in [0, 0.1) is 6.92 Å². The highest BCUT2D eigenvalue weighted by atomic mass is 16.4. The summed E-state index contributed by atoms with van der Waals surface area (Å²) in [5, 5.41) is 13.2.